The van der Waals surface area contributed by atoms with Gasteiger partial charge in [-0.3, -0.25) is 9.59 Å². The molecule has 0 amide bonds. The molecule has 0 aliphatic heterocycles. The van der Waals surface area contributed by atoms with Crippen LogP contribution in [0.3, 0.4) is 0 Å². The highest BCUT2D eigenvalue weighted by atomic mass is 16.6. The third kappa shape index (κ3) is 55.9. The lowest BCUT2D eigenvalue weighted by atomic mass is 10.1. The van der Waals surface area contributed by atoms with E-state index in [0.717, 1.165) is 83.5 Å². The Morgan fingerprint density at radius 2 is 0.662 bits per heavy atom. The first-order chi connectivity index (χ1) is 33.6. The van der Waals surface area contributed by atoms with Crippen LogP contribution in [0.4, 0.5) is 0 Å². The summed E-state index contributed by atoms with van der Waals surface area (Å²) in [6.45, 7) is 7.69. The fourth-order valence-electron chi connectivity index (χ4n) is 8.32. The molecule has 0 saturated carbocycles. The quantitative estimate of drug-likeness (QED) is 0.0345. The molecule has 0 rings (SSSR count). The third-order valence-electron chi connectivity index (χ3n) is 12.7. The maximum absolute atomic E-state index is 12.9. The number of unbranched alkanes of at least 4 members (excludes halogenated alkanes) is 31. The third-order valence-corrected chi connectivity index (χ3v) is 12.7. The van der Waals surface area contributed by atoms with E-state index in [1.165, 1.54) is 173 Å². The molecule has 0 heterocycles. The van der Waals surface area contributed by atoms with Gasteiger partial charge in [-0.05, 0) is 109 Å². The van der Waals surface area contributed by atoms with E-state index in [0.29, 0.717) is 19.4 Å². The lowest BCUT2D eigenvalue weighted by Crippen LogP contribution is -2.30. The van der Waals surface area contributed by atoms with Gasteiger partial charge in [0.15, 0.2) is 6.10 Å². The van der Waals surface area contributed by atoms with Crippen LogP contribution in [0.2, 0.25) is 0 Å². The van der Waals surface area contributed by atoms with Crippen molar-refractivity contribution in [2.75, 3.05) is 19.8 Å². The fourth-order valence-corrected chi connectivity index (χ4v) is 8.32. The van der Waals surface area contributed by atoms with Crippen molar-refractivity contribution in [1.82, 2.24) is 0 Å². The van der Waals surface area contributed by atoms with Gasteiger partial charge < -0.3 is 14.2 Å². The zero-order valence-electron chi connectivity index (χ0n) is 45.4. The van der Waals surface area contributed by atoms with Crippen molar-refractivity contribution in [1.29, 1.82) is 0 Å². The van der Waals surface area contributed by atoms with Gasteiger partial charge in [-0.2, -0.15) is 0 Å². The minimum Gasteiger partial charge on any atom is -0.462 e. The van der Waals surface area contributed by atoms with Crippen LogP contribution >= 0.6 is 0 Å². The highest BCUT2D eigenvalue weighted by Crippen LogP contribution is 2.15. The summed E-state index contributed by atoms with van der Waals surface area (Å²) in [5.41, 5.74) is 0. The summed E-state index contributed by atoms with van der Waals surface area (Å²) < 4.78 is 17.5. The van der Waals surface area contributed by atoms with E-state index >= 15 is 0 Å². The van der Waals surface area contributed by atoms with Crippen molar-refractivity contribution in [3.8, 4) is 0 Å². The first-order valence-corrected chi connectivity index (χ1v) is 29.5. The van der Waals surface area contributed by atoms with Crippen LogP contribution in [0.1, 0.15) is 290 Å². The summed E-state index contributed by atoms with van der Waals surface area (Å²) in [6, 6.07) is 0. The Morgan fingerprint density at radius 3 is 1.07 bits per heavy atom. The van der Waals surface area contributed by atoms with E-state index in [4.69, 9.17) is 14.2 Å². The molecule has 5 heteroatoms. The van der Waals surface area contributed by atoms with Crippen LogP contribution in [0.25, 0.3) is 0 Å². The van der Waals surface area contributed by atoms with Crippen molar-refractivity contribution in [3.63, 3.8) is 0 Å². The molecule has 0 spiro atoms. The summed E-state index contributed by atoms with van der Waals surface area (Å²) in [4.78, 5) is 25.5. The second kappa shape index (κ2) is 58.7. The van der Waals surface area contributed by atoms with Crippen molar-refractivity contribution in [2.45, 2.75) is 297 Å². The smallest absolute Gasteiger partial charge is 0.306 e. The highest BCUT2D eigenvalue weighted by Gasteiger charge is 2.17. The Hall–Kier alpha value is -2.66. The number of allylic oxidation sites excluding steroid dienone is 12. The summed E-state index contributed by atoms with van der Waals surface area (Å²) in [5.74, 6) is -0.409. The summed E-state index contributed by atoms with van der Waals surface area (Å²) >= 11 is 0. The molecular weight excluding hydrogens is 837 g/mol. The molecule has 1 atom stereocenters. The second-order valence-electron chi connectivity index (χ2n) is 19.5. The van der Waals surface area contributed by atoms with Crippen molar-refractivity contribution in [2.24, 2.45) is 0 Å². The zero-order chi connectivity index (χ0) is 49.2. The number of carbonyl (C=O) groups excluding carboxylic acids is 2. The summed E-state index contributed by atoms with van der Waals surface area (Å²) in [6.07, 6.45) is 76.4. The highest BCUT2D eigenvalue weighted by molar-refractivity contribution is 5.70. The van der Waals surface area contributed by atoms with E-state index in [1.807, 2.05) is 0 Å². The minimum absolute atomic E-state index is 0.0729. The molecule has 394 valence electrons. The van der Waals surface area contributed by atoms with Crippen LogP contribution in [0, 0.1) is 0 Å². The Bertz CT molecular complexity index is 1210. The molecule has 0 fully saturated rings. The van der Waals surface area contributed by atoms with Crippen LogP contribution in [0.5, 0.6) is 0 Å². The van der Waals surface area contributed by atoms with Gasteiger partial charge >= 0.3 is 11.9 Å². The molecule has 0 radical (unpaired) electrons. The predicted octanol–water partition coefficient (Wildman–Crippen LogP) is 20.2. The largest absolute Gasteiger partial charge is 0.462 e. The van der Waals surface area contributed by atoms with Crippen molar-refractivity contribution in [3.05, 3.63) is 72.9 Å². The van der Waals surface area contributed by atoms with E-state index in [2.05, 4.69) is 93.7 Å². The average molecular weight is 950 g/mol. The Labute approximate surface area is 423 Å². The van der Waals surface area contributed by atoms with Crippen molar-refractivity contribution >= 4 is 11.9 Å². The second-order valence-corrected chi connectivity index (χ2v) is 19.5. The predicted molar refractivity (Wildman–Crippen MR) is 297 cm³/mol. The van der Waals surface area contributed by atoms with Crippen LogP contribution in [-0.2, 0) is 23.8 Å². The number of hydrogen-bond acceptors (Lipinski definition) is 5. The summed E-state index contributed by atoms with van der Waals surface area (Å²) in [5, 5.41) is 0. The normalized spacial score (nSPS) is 12.7. The van der Waals surface area contributed by atoms with E-state index < -0.39 is 6.10 Å². The lowest BCUT2D eigenvalue weighted by Gasteiger charge is -2.18. The van der Waals surface area contributed by atoms with Gasteiger partial charge in [0.05, 0.1) is 6.61 Å². The maximum Gasteiger partial charge on any atom is 0.306 e. The zero-order valence-corrected chi connectivity index (χ0v) is 45.4. The molecule has 0 saturated heterocycles. The van der Waals surface area contributed by atoms with Crippen LogP contribution < -0.4 is 0 Å². The number of carbonyl (C=O) groups is 2. The minimum atomic E-state index is -0.553. The van der Waals surface area contributed by atoms with Gasteiger partial charge in [0, 0.05) is 19.4 Å². The lowest BCUT2D eigenvalue weighted by molar-refractivity contribution is -0.163. The van der Waals surface area contributed by atoms with Crippen LogP contribution in [-0.4, -0.2) is 37.9 Å². The fraction of sp³-hybridized carbons (Fsp3) is 0.778. The number of ether oxygens (including phenoxy) is 3. The molecule has 0 aliphatic carbocycles. The van der Waals surface area contributed by atoms with Gasteiger partial charge in [-0.25, -0.2) is 0 Å². The first kappa shape index (κ1) is 65.3. The molecule has 5 nitrogen and oxygen atoms in total. The van der Waals surface area contributed by atoms with Gasteiger partial charge in [0.1, 0.15) is 6.61 Å². The number of rotatable bonds is 54. The SMILES string of the molecule is CC/C=C\C/C=C\C/C=C\C/C=C\CCCCCCCOCC(COC(=O)CCCCCCCCC/C=C\CCCCCCCC)OC(=O)CCCCCCCCC/C=C\CCCCCCCC. The molecule has 0 aromatic carbocycles. The van der Waals surface area contributed by atoms with Gasteiger partial charge in [-0.1, -0.05) is 241 Å². The van der Waals surface area contributed by atoms with E-state index in [-0.39, 0.29) is 25.2 Å². The van der Waals surface area contributed by atoms with Gasteiger partial charge in [0.25, 0.3) is 0 Å². The maximum atomic E-state index is 12.9. The van der Waals surface area contributed by atoms with E-state index in [9.17, 15) is 9.59 Å². The molecule has 0 aromatic heterocycles. The van der Waals surface area contributed by atoms with Crippen LogP contribution in [0.15, 0.2) is 72.9 Å². The molecule has 0 bridgehead atoms. The monoisotopic (exact) mass is 949 g/mol. The number of esters is 2. The van der Waals surface area contributed by atoms with Crippen molar-refractivity contribution < 1.29 is 23.8 Å². The molecule has 0 aliphatic rings. The average Bonchev–Trinajstić information content (AvgIpc) is 3.34. The van der Waals surface area contributed by atoms with E-state index in [1.54, 1.807) is 0 Å². The molecule has 68 heavy (non-hydrogen) atoms. The Morgan fingerprint density at radius 1 is 0.338 bits per heavy atom. The standard InChI is InChI=1S/C63H112O5/c1-4-7-10-13-16-19-22-25-28-31-34-37-40-43-46-49-52-55-58-66-59-61(68-63(65)57-54-51-48-45-42-39-36-33-30-27-24-21-18-15-12-9-6-3)60-67-62(64)56-53-50-47-44-41-38-35-32-29-26-23-20-17-14-11-8-5-2/h7,10,16,19,25-30,34,37,61H,4-6,8-9,11-15,17-18,20-24,31-33,35-36,38-60H2,1-3H3/b10-7-,19-16-,28-25-,29-26-,30-27-,37-34-. The molecule has 0 aromatic rings. The first-order valence-electron chi connectivity index (χ1n) is 29.5. The Kier molecular flexibility index (Phi) is 56.4. The molecule has 1 unspecified atom stereocenters. The number of hydrogen-bond donors (Lipinski definition) is 0. The topological polar surface area (TPSA) is 61.8 Å². The molecular formula is C63H112O5. The van der Waals surface area contributed by atoms with Gasteiger partial charge in [0.2, 0.25) is 0 Å². The van der Waals surface area contributed by atoms with Gasteiger partial charge in [-0.15, -0.1) is 0 Å². The Balaban J connectivity index is 4.32. The summed E-state index contributed by atoms with van der Waals surface area (Å²) in [7, 11) is 0. The molecule has 0 N–H and O–H groups in total.